The Morgan fingerprint density at radius 3 is 2.87 bits per heavy atom. The summed E-state index contributed by atoms with van der Waals surface area (Å²) in [6.07, 6.45) is 0. The summed E-state index contributed by atoms with van der Waals surface area (Å²) in [4.78, 5) is 17.9. The molecular formula is C15H19N3O4S. The van der Waals surface area contributed by atoms with E-state index in [1.807, 2.05) is 6.92 Å². The fraction of sp³-hybridized carbons (Fsp3) is 0.400. The molecule has 0 bridgehead atoms. The molecule has 1 heterocycles. The van der Waals surface area contributed by atoms with Gasteiger partial charge in [-0.15, -0.1) is 0 Å². The van der Waals surface area contributed by atoms with Crippen molar-refractivity contribution in [1.82, 2.24) is 15.0 Å². The van der Waals surface area contributed by atoms with Crippen molar-refractivity contribution >= 4 is 17.7 Å². The number of carbonyl (C=O) groups excluding carboxylic acids is 1. The third-order valence-electron chi connectivity index (χ3n) is 3.23. The van der Waals surface area contributed by atoms with Crippen molar-refractivity contribution in [2.75, 3.05) is 12.8 Å². The zero-order chi connectivity index (χ0) is 17.0. The average Bonchev–Trinajstić information content (AvgIpc) is 2.98. The van der Waals surface area contributed by atoms with Crippen LogP contribution >= 0.6 is 11.8 Å². The molecule has 2 rings (SSSR count). The number of rotatable bonds is 6. The quantitative estimate of drug-likeness (QED) is 0.781. The van der Waals surface area contributed by atoms with Crippen LogP contribution < -0.4 is 0 Å². The van der Waals surface area contributed by atoms with E-state index in [4.69, 9.17) is 4.52 Å². The van der Waals surface area contributed by atoms with Gasteiger partial charge in [-0.05, 0) is 24.8 Å². The molecule has 124 valence electrons. The van der Waals surface area contributed by atoms with Crippen LogP contribution in [0.25, 0.3) is 0 Å². The molecule has 7 nitrogen and oxygen atoms in total. The fourth-order valence-corrected chi connectivity index (χ4v) is 2.75. The first-order valence-corrected chi connectivity index (χ1v) is 8.19. The number of hydrogen-bond donors (Lipinski definition) is 2. The molecule has 0 radical (unpaired) electrons. The number of thioether (sulfide) groups is 1. The van der Waals surface area contributed by atoms with Crippen LogP contribution in [0.2, 0.25) is 0 Å². The van der Waals surface area contributed by atoms with E-state index in [0.29, 0.717) is 11.7 Å². The molecule has 8 heteroatoms. The molecule has 0 aliphatic carbocycles. The van der Waals surface area contributed by atoms with Gasteiger partial charge in [-0.2, -0.15) is 16.7 Å². The zero-order valence-corrected chi connectivity index (χ0v) is 14.0. The number of phenols is 2. The van der Waals surface area contributed by atoms with E-state index in [-0.39, 0.29) is 23.1 Å². The summed E-state index contributed by atoms with van der Waals surface area (Å²) in [6.45, 7) is 4.16. The van der Waals surface area contributed by atoms with Gasteiger partial charge >= 0.3 is 0 Å². The number of benzene rings is 1. The Morgan fingerprint density at radius 1 is 1.43 bits per heavy atom. The standard InChI is InChI=1S/C15H19N3O4S/c1-4-23-9(2)14-16-12(22-17-14)8-18(3)15(21)10-6-5-7-11(19)13(10)20/h5-7,9,19-20H,4,8H2,1-3H3. The summed E-state index contributed by atoms with van der Waals surface area (Å²) >= 11 is 1.70. The van der Waals surface area contributed by atoms with E-state index in [9.17, 15) is 15.0 Å². The second-order valence-electron chi connectivity index (χ2n) is 4.98. The first kappa shape index (κ1) is 17.1. The molecule has 1 aromatic heterocycles. The second kappa shape index (κ2) is 7.36. The fourth-order valence-electron chi connectivity index (χ4n) is 2.01. The SMILES string of the molecule is CCSC(C)c1noc(CN(C)C(=O)c2cccc(O)c2O)n1. The molecular weight excluding hydrogens is 318 g/mol. The van der Waals surface area contributed by atoms with Crippen molar-refractivity contribution < 1.29 is 19.5 Å². The molecule has 2 N–H and O–H groups in total. The molecule has 2 aromatic rings. The maximum Gasteiger partial charge on any atom is 0.257 e. The lowest BCUT2D eigenvalue weighted by molar-refractivity contribution is 0.0766. The molecule has 0 aliphatic rings. The highest BCUT2D eigenvalue weighted by Crippen LogP contribution is 2.29. The van der Waals surface area contributed by atoms with Gasteiger partial charge in [-0.3, -0.25) is 4.79 Å². The Hall–Kier alpha value is -2.22. The molecule has 0 saturated carbocycles. The van der Waals surface area contributed by atoms with E-state index >= 15 is 0 Å². The van der Waals surface area contributed by atoms with Crippen molar-refractivity contribution in [2.24, 2.45) is 0 Å². The van der Waals surface area contributed by atoms with Crippen LogP contribution in [0.5, 0.6) is 11.5 Å². The maximum absolute atomic E-state index is 12.3. The number of aromatic nitrogens is 2. The topological polar surface area (TPSA) is 99.7 Å². The third kappa shape index (κ3) is 3.95. The van der Waals surface area contributed by atoms with E-state index in [2.05, 4.69) is 17.1 Å². The summed E-state index contributed by atoms with van der Waals surface area (Å²) < 4.78 is 5.16. The monoisotopic (exact) mass is 337 g/mol. The highest BCUT2D eigenvalue weighted by molar-refractivity contribution is 7.99. The Balaban J connectivity index is 2.08. The van der Waals surface area contributed by atoms with Crippen LogP contribution in [0, 0.1) is 0 Å². The van der Waals surface area contributed by atoms with Gasteiger partial charge in [0.15, 0.2) is 17.3 Å². The minimum Gasteiger partial charge on any atom is -0.504 e. The van der Waals surface area contributed by atoms with Gasteiger partial charge in [0, 0.05) is 7.05 Å². The predicted molar refractivity (Wildman–Crippen MR) is 86.4 cm³/mol. The first-order chi connectivity index (χ1) is 10.9. The van der Waals surface area contributed by atoms with Gasteiger partial charge in [0.05, 0.1) is 17.4 Å². The average molecular weight is 337 g/mol. The lowest BCUT2D eigenvalue weighted by atomic mass is 10.1. The number of nitrogens with zero attached hydrogens (tertiary/aromatic N) is 3. The minimum atomic E-state index is -0.450. The van der Waals surface area contributed by atoms with Gasteiger partial charge < -0.3 is 19.6 Å². The van der Waals surface area contributed by atoms with E-state index in [1.165, 1.54) is 23.1 Å². The molecule has 1 atom stereocenters. The lowest BCUT2D eigenvalue weighted by Crippen LogP contribution is -2.26. The normalized spacial score (nSPS) is 12.1. The summed E-state index contributed by atoms with van der Waals surface area (Å²) in [5.74, 6) is 0.625. The highest BCUT2D eigenvalue weighted by atomic mass is 32.2. The summed E-state index contributed by atoms with van der Waals surface area (Å²) in [5.41, 5.74) is 0.0159. The minimum absolute atomic E-state index is 0.0159. The third-order valence-corrected chi connectivity index (χ3v) is 4.27. The molecule has 1 amide bonds. The zero-order valence-electron chi connectivity index (χ0n) is 13.2. The maximum atomic E-state index is 12.3. The summed E-state index contributed by atoms with van der Waals surface area (Å²) in [6, 6.07) is 4.24. The van der Waals surface area contributed by atoms with Crippen molar-refractivity contribution in [3.63, 3.8) is 0 Å². The smallest absolute Gasteiger partial charge is 0.257 e. The van der Waals surface area contributed by atoms with Gasteiger partial charge in [0.25, 0.3) is 5.91 Å². The number of aromatic hydroxyl groups is 2. The van der Waals surface area contributed by atoms with Crippen LogP contribution in [0.4, 0.5) is 0 Å². The first-order valence-electron chi connectivity index (χ1n) is 7.14. The van der Waals surface area contributed by atoms with Gasteiger partial charge in [0.1, 0.15) is 0 Å². The van der Waals surface area contributed by atoms with Crippen LogP contribution in [-0.2, 0) is 6.54 Å². The second-order valence-corrected chi connectivity index (χ2v) is 6.60. The Bertz CT molecular complexity index is 689. The van der Waals surface area contributed by atoms with E-state index in [0.717, 1.165) is 5.75 Å². The van der Waals surface area contributed by atoms with E-state index in [1.54, 1.807) is 18.8 Å². The number of amides is 1. The predicted octanol–water partition coefficient (Wildman–Crippen LogP) is 2.57. The summed E-state index contributed by atoms with van der Waals surface area (Å²) in [5, 5.41) is 23.3. The van der Waals surface area contributed by atoms with Gasteiger partial charge in [0.2, 0.25) is 5.89 Å². The van der Waals surface area contributed by atoms with Crippen molar-refractivity contribution in [3.05, 3.63) is 35.5 Å². The highest BCUT2D eigenvalue weighted by Gasteiger charge is 2.21. The molecule has 23 heavy (non-hydrogen) atoms. The van der Waals surface area contributed by atoms with Crippen LogP contribution in [0.15, 0.2) is 22.7 Å². The molecule has 1 unspecified atom stereocenters. The lowest BCUT2D eigenvalue weighted by Gasteiger charge is -2.15. The van der Waals surface area contributed by atoms with Crippen LogP contribution in [0.1, 0.15) is 41.2 Å². The Morgan fingerprint density at radius 2 is 2.17 bits per heavy atom. The number of carbonyl (C=O) groups is 1. The molecule has 0 aliphatic heterocycles. The molecule has 0 saturated heterocycles. The van der Waals surface area contributed by atoms with Gasteiger partial charge in [-0.25, -0.2) is 0 Å². The molecule has 0 fully saturated rings. The van der Waals surface area contributed by atoms with Crippen molar-refractivity contribution in [1.29, 1.82) is 0 Å². The van der Waals surface area contributed by atoms with Crippen LogP contribution in [-0.4, -0.2) is 44.0 Å². The largest absolute Gasteiger partial charge is 0.504 e. The van der Waals surface area contributed by atoms with Crippen molar-refractivity contribution in [3.8, 4) is 11.5 Å². The van der Waals surface area contributed by atoms with Crippen molar-refractivity contribution in [2.45, 2.75) is 25.6 Å². The number of hydrogen-bond acceptors (Lipinski definition) is 7. The molecule has 1 aromatic carbocycles. The van der Waals surface area contributed by atoms with Gasteiger partial charge in [-0.1, -0.05) is 18.1 Å². The van der Waals surface area contributed by atoms with Crippen LogP contribution in [0.3, 0.4) is 0 Å². The number of para-hydroxylation sites is 1. The molecule has 0 spiro atoms. The number of phenolic OH excluding ortho intramolecular Hbond substituents is 2. The summed E-state index contributed by atoms with van der Waals surface area (Å²) in [7, 11) is 1.56. The Labute approximate surface area is 138 Å². The van der Waals surface area contributed by atoms with E-state index < -0.39 is 11.7 Å². The Kier molecular flexibility index (Phi) is 5.49.